The van der Waals surface area contributed by atoms with E-state index in [1.807, 2.05) is 38.1 Å². The summed E-state index contributed by atoms with van der Waals surface area (Å²) < 4.78 is 0. The standard InChI is InChI=1S/C10H12Cl2N2/c1-10(2,9(12)14-13)7-3-5-8(11)6-4-7/h3-6H,13H2,1-2H3. The fraction of sp³-hybridized carbons (Fsp3) is 0.300. The van der Waals surface area contributed by atoms with Crippen molar-refractivity contribution < 1.29 is 0 Å². The summed E-state index contributed by atoms with van der Waals surface area (Å²) in [7, 11) is 0. The Balaban J connectivity index is 3.10. The summed E-state index contributed by atoms with van der Waals surface area (Å²) in [4.78, 5) is 0. The highest BCUT2D eigenvalue weighted by molar-refractivity contribution is 6.67. The third-order valence-corrected chi connectivity index (χ3v) is 3.02. The molecule has 0 aliphatic carbocycles. The van der Waals surface area contributed by atoms with Crippen molar-refractivity contribution in [2.24, 2.45) is 10.9 Å². The van der Waals surface area contributed by atoms with Crippen LogP contribution in [0.1, 0.15) is 19.4 Å². The van der Waals surface area contributed by atoms with Crippen molar-refractivity contribution >= 4 is 28.4 Å². The van der Waals surface area contributed by atoms with E-state index in [-0.39, 0.29) is 5.41 Å². The summed E-state index contributed by atoms with van der Waals surface area (Å²) in [6.07, 6.45) is 0. The lowest BCUT2D eigenvalue weighted by Crippen LogP contribution is -2.25. The molecule has 0 fully saturated rings. The minimum atomic E-state index is -0.374. The molecule has 4 heteroatoms. The average Bonchev–Trinajstić information content (AvgIpc) is 2.17. The molecule has 0 amide bonds. The molecule has 1 rings (SSSR count). The Morgan fingerprint density at radius 3 is 2.21 bits per heavy atom. The zero-order chi connectivity index (χ0) is 10.8. The molecule has 0 atom stereocenters. The Morgan fingerprint density at radius 1 is 1.29 bits per heavy atom. The Kier molecular flexibility index (Phi) is 3.40. The summed E-state index contributed by atoms with van der Waals surface area (Å²) in [5.74, 6) is 5.16. The Bertz CT molecular complexity index is 342. The molecule has 0 spiro atoms. The second kappa shape index (κ2) is 4.20. The highest BCUT2D eigenvalue weighted by atomic mass is 35.5. The molecular formula is C10H12Cl2N2. The van der Waals surface area contributed by atoms with Crippen LogP contribution in [-0.2, 0) is 5.41 Å². The maximum atomic E-state index is 5.92. The average molecular weight is 231 g/mol. The van der Waals surface area contributed by atoms with E-state index < -0.39 is 0 Å². The molecule has 76 valence electrons. The van der Waals surface area contributed by atoms with Gasteiger partial charge in [0.05, 0.1) is 0 Å². The molecule has 0 aromatic heterocycles. The van der Waals surface area contributed by atoms with Crippen molar-refractivity contribution in [2.45, 2.75) is 19.3 Å². The van der Waals surface area contributed by atoms with Gasteiger partial charge < -0.3 is 5.84 Å². The monoisotopic (exact) mass is 230 g/mol. The van der Waals surface area contributed by atoms with Gasteiger partial charge in [-0.3, -0.25) is 0 Å². The van der Waals surface area contributed by atoms with Crippen LogP contribution >= 0.6 is 23.2 Å². The number of hydrogen-bond acceptors (Lipinski definition) is 2. The van der Waals surface area contributed by atoms with Crippen molar-refractivity contribution in [2.75, 3.05) is 0 Å². The molecule has 0 saturated heterocycles. The van der Waals surface area contributed by atoms with E-state index in [4.69, 9.17) is 29.0 Å². The van der Waals surface area contributed by atoms with Crippen LogP contribution in [0.5, 0.6) is 0 Å². The first-order chi connectivity index (χ1) is 6.48. The van der Waals surface area contributed by atoms with E-state index in [9.17, 15) is 0 Å². The summed E-state index contributed by atoms with van der Waals surface area (Å²) >= 11 is 11.7. The minimum Gasteiger partial charge on any atom is -0.322 e. The molecular weight excluding hydrogens is 219 g/mol. The topological polar surface area (TPSA) is 38.4 Å². The highest BCUT2D eigenvalue weighted by Crippen LogP contribution is 2.27. The maximum absolute atomic E-state index is 5.92. The number of rotatable bonds is 2. The quantitative estimate of drug-likeness (QED) is 0.474. The first-order valence-electron chi connectivity index (χ1n) is 4.18. The number of hydrazone groups is 1. The predicted octanol–water partition coefficient (Wildman–Crippen LogP) is 3.13. The first kappa shape index (κ1) is 11.3. The van der Waals surface area contributed by atoms with Crippen LogP contribution in [0.4, 0.5) is 0 Å². The van der Waals surface area contributed by atoms with E-state index in [0.29, 0.717) is 10.2 Å². The second-order valence-corrected chi connectivity index (χ2v) is 4.35. The molecule has 0 aliphatic rings. The molecule has 0 aliphatic heterocycles. The smallest absolute Gasteiger partial charge is 0.135 e. The molecule has 0 saturated carbocycles. The molecule has 2 N–H and O–H groups in total. The van der Waals surface area contributed by atoms with Gasteiger partial charge in [-0.05, 0) is 31.5 Å². The zero-order valence-electron chi connectivity index (χ0n) is 8.09. The van der Waals surface area contributed by atoms with Gasteiger partial charge in [0.25, 0.3) is 0 Å². The van der Waals surface area contributed by atoms with E-state index in [0.717, 1.165) is 5.56 Å². The van der Waals surface area contributed by atoms with E-state index >= 15 is 0 Å². The molecule has 1 aromatic rings. The molecule has 0 heterocycles. The largest absolute Gasteiger partial charge is 0.322 e. The Hall–Kier alpha value is -0.730. The maximum Gasteiger partial charge on any atom is 0.135 e. The highest BCUT2D eigenvalue weighted by Gasteiger charge is 2.25. The van der Waals surface area contributed by atoms with Crippen LogP contribution < -0.4 is 5.84 Å². The molecule has 1 aromatic carbocycles. The number of hydrogen-bond donors (Lipinski definition) is 1. The molecule has 0 unspecified atom stereocenters. The van der Waals surface area contributed by atoms with Gasteiger partial charge in [-0.15, -0.1) is 0 Å². The van der Waals surface area contributed by atoms with Gasteiger partial charge in [-0.1, -0.05) is 35.3 Å². The molecule has 0 bridgehead atoms. The van der Waals surface area contributed by atoms with Crippen molar-refractivity contribution in [1.29, 1.82) is 0 Å². The number of halogens is 2. The van der Waals surface area contributed by atoms with Crippen LogP contribution in [-0.4, -0.2) is 5.17 Å². The minimum absolute atomic E-state index is 0.374. The van der Waals surface area contributed by atoms with Crippen molar-refractivity contribution in [3.05, 3.63) is 34.9 Å². The third kappa shape index (κ3) is 2.20. The SMILES string of the molecule is CC(C)(C(Cl)=NN)c1ccc(Cl)cc1. The van der Waals surface area contributed by atoms with Gasteiger partial charge in [0.2, 0.25) is 0 Å². The van der Waals surface area contributed by atoms with Gasteiger partial charge in [0.1, 0.15) is 5.17 Å². The van der Waals surface area contributed by atoms with E-state index in [1.165, 1.54) is 0 Å². The van der Waals surface area contributed by atoms with E-state index in [2.05, 4.69) is 5.10 Å². The van der Waals surface area contributed by atoms with Crippen molar-refractivity contribution in [1.82, 2.24) is 0 Å². The van der Waals surface area contributed by atoms with Gasteiger partial charge in [0, 0.05) is 10.4 Å². The van der Waals surface area contributed by atoms with Crippen LogP contribution in [0.3, 0.4) is 0 Å². The first-order valence-corrected chi connectivity index (χ1v) is 4.94. The zero-order valence-corrected chi connectivity index (χ0v) is 9.60. The van der Waals surface area contributed by atoms with Crippen LogP contribution in [0.2, 0.25) is 5.02 Å². The lowest BCUT2D eigenvalue weighted by atomic mass is 9.86. The van der Waals surface area contributed by atoms with Gasteiger partial charge in [0.15, 0.2) is 0 Å². The summed E-state index contributed by atoms with van der Waals surface area (Å²) in [6, 6.07) is 7.46. The van der Waals surface area contributed by atoms with Gasteiger partial charge >= 0.3 is 0 Å². The molecule has 0 radical (unpaired) electrons. The Labute approximate surface area is 93.7 Å². The number of nitrogens with two attached hydrogens (primary N) is 1. The fourth-order valence-corrected chi connectivity index (χ4v) is 1.38. The summed E-state index contributed by atoms with van der Waals surface area (Å²) in [6.45, 7) is 3.91. The Morgan fingerprint density at radius 2 is 1.79 bits per heavy atom. The van der Waals surface area contributed by atoms with E-state index in [1.54, 1.807) is 0 Å². The van der Waals surface area contributed by atoms with Crippen LogP contribution in [0, 0.1) is 0 Å². The molecule has 2 nitrogen and oxygen atoms in total. The van der Waals surface area contributed by atoms with Crippen molar-refractivity contribution in [3.63, 3.8) is 0 Å². The third-order valence-electron chi connectivity index (χ3n) is 2.19. The summed E-state index contributed by atoms with van der Waals surface area (Å²) in [5.41, 5.74) is 0.655. The normalized spacial score (nSPS) is 13.0. The second-order valence-electron chi connectivity index (χ2n) is 3.55. The van der Waals surface area contributed by atoms with Crippen LogP contribution in [0.25, 0.3) is 0 Å². The number of nitrogens with zero attached hydrogens (tertiary/aromatic N) is 1. The fourth-order valence-electron chi connectivity index (χ4n) is 1.15. The predicted molar refractivity (Wildman–Crippen MR) is 62.0 cm³/mol. The lowest BCUT2D eigenvalue weighted by Gasteiger charge is -2.22. The van der Waals surface area contributed by atoms with Crippen molar-refractivity contribution in [3.8, 4) is 0 Å². The van der Waals surface area contributed by atoms with Gasteiger partial charge in [-0.2, -0.15) is 5.10 Å². The van der Waals surface area contributed by atoms with Gasteiger partial charge in [-0.25, -0.2) is 0 Å². The lowest BCUT2D eigenvalue weighted by molar-refractivity contribution is 0.724. The number of benzene rings is 1. The van der Waals surface area contributed by atoms with Crippen LogP contribution in [0.15, 0.2) is 29.4 Å². The molecule has 14 heavy (non-hydrogen) atoms. The summed E-state index contributed by atoms with van der Waals surface area (Å²) in [5, 5.41) is 4.58.